The van der Waals surface area contributed by atoms with Crippen molar-refractivity contribution in [3.8, 4) is 11.5 Å². The number of carbonyl (C=O) groups is 3. The quantitative estimate of drug-likeness (QED) is 0.454. The molecule has 8 nitrogen and oxygen atoms in total. The van der Waals surface area contributed by atoms with E-state index < -0.39 is 17.8 Å². The van der Waals surface area contributed by atoms with Gasteiger partial charge in [0.2, 0.25) is 0 Å². The van der Waals surface area contributed by atoms with Crippen molar-refractivity contribution in [1.29, 1.82) is 0 Å². The van der Waals surface area contributed by atoms with E-state index in [1.165, 1.54) is 37.5 Å². The highest BCUT2D eigenvalue weighted by atomic mass is 16.5. The SMILES string of the molecule is COc1ccc(/C=C(\NC(=O)c2ccccc2OC)C(=O)Nc2ccc(C(=O)O)cc2)cc1. The largest absolute Gasteiger partial charge is 0.497 e. The van der Waals surface area contributed by atoms with Crippen LogP contribution in [0.1, 0.15) is 26.3 Å². The molecule has 0 saturated heterocycles. The van der Waals surface area contributed by atoms with Crippen LogP contribution >= 0.6 is 0 Å². The number of amides is 2. The Balaban J connectivity index is 1.90. The summed E-state index contributed by atoms with van der Waals surface area (Å²) >= 11 is 0. The summed E-state index contributed by atoms with van der Waals surface area (Å²) in [6.07, 6.45) is 1.52. The van der Waals surface area contributed by atoms with E-state index in [4.69, 9.17) is 14.6 Å². The van der Waals surface area contributed by atoms with E-state index in [0.29, 0.717) is 22.7 Å². The molecule has 0 aliphatic heterocycles. The van der Waals surface area contributed by atoms with Crippen LogP contribution in [-0.4, -0.2) is 37.1 Å². The van der Waals surface area contributed by atoms with Crippen LogP contribution < -0.4 is 20.1 Å². The average molecular weight is 446 g/mol. The first-order chi connectivity index (χ1) is 15.9. The molecule has 0 heterocycles. The van der Waals surface area contributed by atoms with Crippen molar-refractivity contribution in [2.45, 2.75) is 0 Å². The van der Waals surface area contributed by atoms with E-state index in [-0.39, 0.29) is 16.8 Å². The molecule has 3 rings (SSSR count). The van der Waals surface area contributed by atoms with Gasteiger partial charge in [0.05, 0.1) is 25.3 Å². The maximum Gasteiger partial charge on any atom is 0.335 e. The molecule has 0 spiro atoms. The Bertz CT molecular complexity index is 1180. The molecular formula is C25H22N2O6. The van der Waals surface area contributed by atoms with Crippen LogP contribution in [0.3, 0.4) is 0 Å². The molecule has 0 aliphatic carbocycles. The summed E-state index contributed by atoms with van der Waals surface area (Å²) in [5, 5.41) is 14.3. The number of hydrogen-bond acceptors (Lipinski definition) is 5. The molecule has 2 amide bonds. The Morgan fingerprint density at radius 3 is 2.12 bits per heavy atom. The molecule has 8 heteroatoms. The summed E-state index contributed by atoms with van der Waals surface area (Å²) in [7, 11) is 3.00. The van der Waals surface area contributed by atoms with Crippen molar-refractivity contribution in [2.24, 2.45) is 0 Å². The second-order valence-corrected chi connectivity index (χ2v) is 6.82. The summed E-state index contributed by atoms with van der Waals surface area (Å²) in [5.41, 5.74) is 1.36. The minimum absolute atomic E-state index is 0.0154. The zero-order valence-electron chi connectivity index (χ0n) is 18.0. The molecule has 0 atom stereocenters. The van der Waals surface area contributed by atoms with E-state index in [1.807, 2.05) is 0 Å². The van der Waals surface area contributed by atoms with Crippen LogP contribution in [0.25, 0.3) is 6.08 Å². The van der Waals surface area contributed by atoms with Crippen LogP contribution in [0.15, 0.2) is 78.5 Å². The summed E-state index contributed by atoms with van der Waals surface area (Å²) < 4.78 is 10.4. The van der Waals surface area contributed by atoms with Gasteiger partial charge in [0.1, 0.15) is 17.2 Å². The van der Waals surface area contributed by atoms with Gasteiger partial charge < -0.3 is 25.2 Å². The maximum absolute atomic E-state index is 13.0. The van der Waals surface area contributed by atoms with Crippen molar-refractivity contribution < 1.29 is 29.0 Å². The van der Waals surface area contributed by atoms with Crippen molar-refractivity contribution in [1.82, 2.24) is 5.32 Å². The maximum atomic E-state index is 13.0. The minimum Gasteiger partial charge on any atom is -0.497 e. The summed E-state index contributed by atoms with van der Waals surface area (Å²) in [4.78, 5) is 37.0. The van der Waals surface area contributed by atoms with Gasteiger partial charge in [-0.25, -0.2) is 4.79 Å². The number of benzene rings is 3. The van der Waals surface area contributed by atoms with Gasteiger partial charge >= 0.3 is 5.97 Å². The molecule has 3 N–H and O–H groups in total. The lowest BCUT2D eigenvalue weighted by atomic mass is 10.1. The Morgan fingerprint density at radius 2 is 1.52 bits per heavy atom. The number of carboxylic acids is 1. The molecule has 0 fully saturated rings. The number of anilines is 1. The molecule has 3 aromatic rings. The average Bonchev–Trinajstić information content (AvgIpc) is 2.84. The predicted octanol–water partition coefficient (Wildman–Crippen LogP) is 3.81. The first kappa shape index (κ1) is 23.1. The summed E-state index contributed by atoms with van der Waals surface area (Å²) in [6.45, 7) is 0. The van der Waals surface area contributed by atoms with Crippen molar-refractivity contribution in [3.63, 3.8) is 0 Å². The summed E-state index contributed by atoms with van der Waals surface area (Å²) in [5.74, 6) is -1.17. The highest BCUT2D eigenvalue weighted by Gasteiger charge is 2.18. The molecule has 0 unspecified atom stereocenters. The van der Waals surface area contributed by atoms with Gasteiger partial charge in [-0.1, -0.05) is 24.3 Å². The van der Waals surface area contributed by atoms with E-state index in [9.17, 15) is 14.4 Å². The Morgan fingerprint density at radius 1 is 0.848 bits per heavy atom. The number of carboxylic acid groups (broad SMARTS) is 1. The fourth-order valence-corrected chi connectivity index (χ4v) is 2.94. The number of hydrogen-bond donors (Lipinski definition) is 3. The van der Waals surface area contributed by atoms with E-state index in [0.717, 1.165) is 0 Å². The third-order valence-electron chi connectivity index (χ3n) is 4.66. The fraction of sp³-hybridized carbons (Fsp3) is 0.0800. The van der Waals surface area contributed by atoms with Gasteiger partial charge in [-0.2, -0.15) is 0 Å². The van der Waals surface area contributed by atoms with Crippen LogP contribution in [0.4, 0.5) is 5.69 Å². The highest BCUT2D eigenvalue weighted by Crippen LogP contribution is 2.19. The van der Waals surface area contributed by atoms with Gasteiger partial charge in [0.25, 0.3) is 11.8 Å². The number of ether oxygens (including phenoxy) is 2. The topological polar surface area (TPSA) is 114 Å². The fourth-order valence-electron chi connectivity index (χ4n) is 2.94. The molecular weight excluding hydrogens is 424 g/mol. The first-order valence-corrected chi connectivity index (χ1v) is 9.86. The smallest absolute Gasteiger partial charge is 0.335 e. The minimum atomic E-state index is -1.07. The number of rotatable bonds is 8. The summed E-state index contributed by atoms with van der Waals surface area (Å²) in [6, 6.07) is 19.3. The Kier molecular flexibility index (Phi) is 7.43. The van der Waals surface area contributed by atoms with Gasteiger partial charge in [-0.15, -0.1) is 0 Å². The van der Waals surface area contributed by atoms with Crippen molar-refractivity contribution in [3.05, 3.63) is 95.2 Å². The highest BCUT2D eigenvalue weighted by molar-refractivity contribution is 6.11. The molecule has 3 aromatic carbocycles. The van der Waals surface area contributed by atoms with Gasteiger partial charge in [-0.3, -0.25) is 9.59 Å². The van der Waals surface area contributed by atoms with E-state index in [1.54, 1.807) is 55.6 Å². The lowest BCUT2D eigenvalue weighted by Crippen LogP contribution is -2.31. The third-order valence-corrected chi connectivity index (χ3v) is 4.66. The van der Waals surface area contributed by atoms with Crippen LogP contribution in [0.2, 0.25) is 0 Å². The molecule has 33 heavy (non-hydrogen) atoms. The van der Waals surface area contributed by atoms with Crippen LogP contribution in [0.5, 0.6) is 11.5 Å². The molecule has 168 valence electrons. The molecule has 0 radical (unpaired) electrons. The molecule has 0 aliphatic rings. The molecule has 0 saturated carbocycles. The Hall–Kier alpha value is -4.59. The number of nitrogens with one attached hydrogen (secondary N) is 2. The van der Waals surface area contributed by atoms with E-state index in [2.05, 4.69) is 10.6 Å². The molecule has 0 bridgehead atoms. The Labute approximate surface area is 190 Å². The number of methoxy groups -OCH3 is 2. The van der Waals surface area contributed by atoms with Gasteiger partial charge in [-0.05, 0) is 60.2 Å². The lowest BCUT2D eigenvalue weighted by Gasteiger charge is -2.13. The van der Waals surface area contributed by atoms with Gasteiger partial charge in [0.15, 0.2) is 0 Å². The van der Waals surface area contributed by atoms with Crippen molar-refractivity contribution in [2.75, 3.05) is 19.5 Å². The van der Waals surface area contributed by atoms with Gasteiger partial charge in [0, 0.05) is 5.69 Å². The monoisotopic (exact) mass is 446 g/mol. The zero-order valence-corrected chi connectivity index (χ0v) is 18.0. The number of carbonyl (C=O) groups excluding carboxylic acids is 2. The van der Waals surface area contributed by atoms with E-state index >= 15 is 0 Å². The molecule has 0 aromatic heterocycles. The first-order valence-electron chi connectivity index (χ1n) is 9.86. The number of aromatic carboxylic acids is 1. The van der Waals surface area contributed by atoms with Crippen molar-refractivity contribution >= 4 is 29.5 Å². The second kappa shape index (κ2) is 10.6. The number of para-hydroxylation sites is 1. The van der Waals surface area contributed by atoms with Crippen LogP contribution in [0, 0.1) is 0 Å². The predicted molar refractivity (Wildman–Crippen MR) is 123 cm³/mol. The normalized spacial score (nSPS) is 10.8. The van der Waals surface area contributed by atoms with Crippen LogP contribution in [-0.2, 0) is 4.79 Å². The second-order valence-electron chi connectivity index (χ2n) is 6.82. The zero-order chi connectivity index (χ0) is 23.8. The standard InChI is InChI=1S/C25H22N2O6/c1-32-19-13-7-16(8-14-19)15-21(27-23(28)20-5-3-4-6-22(20)33-2)24(29)26-18-11-9-17(10-12-18)25(30)31/h3-15H,1-2H3,(H,26,29)(H,27,28)(H,30,31)/b21-15-. The third kappa shape index (κ3) is 5.98. The lowest BCUT2D eigenvalue weighted by molar-refractivity contribution is -0.113.